The van der Waals surface area contributed by atoms with Gasteiger partial charge in [-0.05, 0) is 67.1 Å². The Kier molecular flexibility index (Phi) is 5.49. The predicted octanol–water partition coefficient (Wildman–Crippen LogP) is 6.09. The van der Waals surface area contributed by atoms with Crippen LogP contribution < -0.4 is 14.2 Å². The number of hydrogen-bond acceptors (Lipinski definition) is 5. The fraction of sp³-hybridized carbons (Fsp3) is 0.111. The van der Waals surface area contributed by atoms with Crippen molar-refractivity contribution < 1.29 is 23.8 Å². The van der Waals surface area contributed by atoms with Gasteiger partial charge in [-0.1, -0.05) is 15.9 Å². The topological polar surface area (TPSA) is 66.8 Å². The molecule has 0 radical (unpaired) electrons. The van der Waals surface area contributed by atoms with Crippen LogP contribution in [0.25, 0.3) is 17.0 Å². The summed E-state index contributed by atoms with van der Waals surface area (Å²) in [6.45, 7) is 1.79. The third-order valence-electron chi connectivity index (χ3n) is 5.75. The molecule has 6 nitrogen and oxygen atoms in total. The van der Waals surface area contributed by atoms with Crippen LogP contribution in [0, 0.1) is 6.92 Å². The van der Waals surface area contributed by atoms with Crippen LogP contribution in [0.15, 0.2) is 71.0 Å². The predicted molar refractivity (Wildman–Crippen MR) is 133 cm³/mol. The fourth-order valence-corrected chi connectivity index (χ4v) is 4.34. The first-order valence-corrected chi connectivity index (χ1v) is 11.3. The lowest BCUT2D eigenvalue weighted by Gasteiger charge is -2.08. The molecule has 0 spiro atoms. The summed E-state index contributed by atoms with van der Waals surface area (Å²) in [7, 11) is 3.56. The summed E-state index contributed by atoms with van der Waals surface area (Å²) in [6.07, 6.45) is 3.67. The Balaban J connectivity index is 1.46. The highest BCUT2D eigenvalue weighted by molar-refractivity contribution is 9.10. The molecule has 7 heteroatoms. The van der Waals surface area contributed by atoms with E-state index in [1.165, 1.54) is 0 Å². The van der Waals surface area contributed by atoms with Gasteiger partial charge in [-0.15, -0.1) is 0 Å². The van der Waals surface area contributed by atoms with Crippen LogP contribution in [-0.2, 0) is 7.05 Å². The molecule has 0 amide bonds. The van der Waals surface area contributed by atoms with Crippen LogP contribution in [0.4, 0.5) is 0 Å². The first kappa shape index (κ1) is 22.0. The van der Waals surface area contributed by atoms with E-state index in [0.717, 1.165) is 26.7 Å². The van der Waals surface area contributed by atoms with Crippen molar-refractivity contribution in [2.75, 3.05) is 7.11 Å². The normalized spacial score (nSPS) is 13.8. The van der Waals surface area contributed by atoms with Gasteiger partial charge in [-0.3, -0.25) is 4.79 Å². The average Bonchev–Trinajstić information content (AvgIpc) is 3.30. The summed E-state index contributed by atoms with van der Waals surface area (Å²) in [5.74, 6) is 0.925. The summed E-state index contributed by atoms with van der Waals surface area (Å²) >= 11 is 3.35. The van der Waals surface area contributed by atoms with Gasteiger partial charge in [0.15, 0.2) is 5.76 Å². The number of carbonyl (C=O) groups excluding carboxylic acids is 2. The molecular weight excluding hydrogens is 498 g/mol. The number of carbonyl (C=O) groups is 2. The molecule has 0 saturated heterocycles. The lowest BCUT2D eigenvalue weighted by Crippen LogP contribution is -2.08. The Morgan fingerprint density at radius 2 is 1.82 bits per heavy atom. The number of methoxy groups -OCH3 is 1. The first-order chi connectivity index (χ1) is 16.3. The quantitative estimate of drug-likeness (QED) is 0.186. The zero-order chi connectivity index (χ0) is 24.0. The maximum absolute atomic E-state index is 13.1. The Morgan fingerprint density at radius 3 is 2.56 bits per heavy atom. The van der Waals surface area contributed by atoms with E-state index in [2.05, 4.69) is 15.9 Å². The standard InChI is InChI=1S/C27H20BrNO5/c1-15-10-20(33-27(31)16-4-6-18(28)7-5-16)13-23-25(15)26(30)24(34-23)11-17-14-29(2)22-9-8-19(32-3)12-21(17)22/h4-14H,1-3H3/b24-11-. The number of nitrogens with zero attached hydrogens (tertiary/aromatic N) is 1. The van der Waals surface area contributed by atoms with Gasteiger partial charge >= 0.3 is 5.97 Å². The van der Waals surface area contributed by atoms with E-state index in [4.69, 9.17) is 14.2 Å². The highest BCUT2D eigenvalue weighted by atomic mass is 79.9. The first-order valence-electron chi connectivity index (χ1n) is 10.5. The molecule has 1 aliphatic rings. The molecule has 4 aromatic rings. The number of allylic oxidation sites excluding steroid dienone is 1. The molecule has 2 heterocycles. The van der Waals surface area contributed by atoms with E-state index >= 15 is 0 Å². The molecule has 34 heavy (non-hydrogen) atoms. The SMILES string of the molecule is COc1ccc2c(c1)c(/C=C1\Oc3cc(OC(=O)c4ccc(Br)cc4)cc(C)c3C1=O)cn2C. The van der Waals surface area contributed by atoms with Crippen LogP contribution in [-0.4, -0.2) is 23.4 Å². The molecule has 0 atom stereocenters. The van der Waals surface area contributed by atoms with Gasteiger partial charge in [-0.2, -0.15) is 0 Å². The fourth-order valence-electron chi connectivity index (χ4n) is 4.07. The molecule has 0 bridgehead atoms. The molecule has 0 fully saturated rings. The average molecular weight is 518 g/mol. The number of aryl methyl sites for hydroxylation is 2. The van der Waals surface area contributed by atoms with Crippen molar-refractivity contribution in [3.05, 3.63) is 93.3 Å². The maximum atomic E-state index is 13.1. The number of fused-ring (bicyclic) bond motifs is 2. The number of halogens is 1. The number of esters is 1. The second-order valence-electron chi connectivity index (χ2n) is 8.03. The van der Waals surface area contributed by atoms with Crippen LogP contribution in [0.2, 0.25) is 0 Å². The number of ether oxygens (including phenoxy) is 3. The zero-order valence-corrected chi connectivity index (χ0v) is 20.3. The molecule has 170 valence electrons. The second kappa shape index (κ2) is 8.50. The zero-order valence-electron chi connectivity index (χ0n) is 18.7. The van der Waals surface area contributed by atoms with Crippen LogP contribution in [0.3, 0.4) is 0 Å². The van der Waals surface area contributed by atoms with Crippen molar-refractivity contribution in [3.63, 3.8) is 0 Å². The van der Waals surface area contributed by atoms with Gasteiger partial charge in [0.05, 0.1) is 18.2 Å². The van der Waals surface area contributed by atoms with E-state index in [9.17, 15) is 9.59 Å². The van der Waals surface area contributed by atoms with Gasteiger partial charge in [0, 0.05) is 40.2 Å². The third kappa shape index (κ3) is 3.88. The van der Waals surface area contributed by atoms with Gasteiger partial charge in [0.1, 0.15) is 17.2 Å². The van der Waals surface area contributed by atoms with E-state index in [1.807, 2.05) is 36.0 Å². The van der Waals surface area contributed by atoms with Crippen LogP contribution in [0.1, 0.15) is 31.8 Å². The Hall–Kier alpha value is -3.84. The number of rotatable bonds is 4. The van der Waals surface area contributed by atoms with E-state index in [-0.39, 0.29) is 11.5 Å². The molecule has 1 aromatic heterocycles. The Bertz CT molecular complexity index is 1500. The molecule has 1 aliphatic heterocycles. The van der Waals surface area contributed by atoms with Crippen LogP contribution >= 0.6 is 15.9 Å². The monoisotopic (exact) mass is 517 g/mol. The van der Waals surface area contributed by atoms with Crippen molar-refractivity contribution >= 4 is 44.7 Å². The van der Waals surface area contributed by atoms with Gasteiger partial charge in [0.25, 0.3) is 0 Å². The van der Waals surface area contributed by atoms with Gasteiger partial charge < -0.3 is 18.8 Å². The summed E-state index contributed by atoms with van der Waals surface area (Å²) in [4.78, 5) is 25.7. The molecule has 5 rings (SSSR count). The van der Waals surface area contributed by atoms with Crippen molar-refractivity contribution in [1.29, 1.82) is 0 Å². The van der Waals surface area contributed by atoms with Crippen molar-refractivity contribution in [2.24, 2.45) is 7.05 Å². The molecular formula is C27H20BrNO5. The summed E-state index contributed by atoms with van der Waals surface area (Å²) < 4.78 is 19.7. The number of ketones is 1. The second-order valence-corrected chi connectivity index (χ2v) is 8.94. The minimum Gasteiger partial charge on any atom is -0.497 e. The highest BCUT2D eigenvalue weighted by Crippen LogP contribution is 2.38. The lowest BCUT2D eigenvalue weighted by atomic mass is 10.0. The van der Waals surface area contributed by atoms with Crippen LogP contribution in [0.5, 0.6) is 17.2 Å². The Morgan fingerprint density at radius 1 is 1.06 bits per heavy atom. The maximum Gasteiger partial charge on any atom is 0.343 e. The van der Waals surface area contributed by atoms with Gasteiger partial charge in [-0.25, -0.2) is 4.79 Å². The summed E-state index contributed by atoms with van der Waals surface area (Å²) in [5, 5.41) is 0.947. The lowest BCUT2D eigenvalue weighted by molar-refractivity contribution is 0.0734. The van der Waals surface area contributed by atoms with Gasteiger partial charge in [0.2, 0.25) is 5.78 Å². The molecule has 0 saturated carbocycles. The third-order valence-corrected chi connectivity index (χ3v) is 6.28. The number of hydrogen-bond donors (Lipinski definition) is 0. The van der Waals surface area contributed by atoms with E-state index in [0.29, 0.717) is 28.2 Å². The molecule has 0 N–H and O–H groups in total. The van der Waals surface area contributed by atoms with E-state index < -0.39 is 5.97 Å². The highest BCUT2D eigenvalue weighted by Gasteiger charge is 2.30. The number of aromatic nitrogens is 1. The van der Waals surface area contributed by atoms with Crippen molar-refractivity contribution in [1.82, 2.24) is 4.57 Å². The van der Waals surface area contributed by atoms with Crippen molar-refractivity contribution in [3.8, 4) is 17.2 Å². The number of benzene rings is 3. The molecule has 3 aromatic carbocycles. The smallest absolute Gasteiger partial charge is 0.343 e. The molecule has 0 unspecified atom stereocenters. The van der Waals surface area contributed by atoms with Crippen molar-refractivity contribution in [2.45, 2.75) is 6.92 Å². The summed E-state index contributed by atoms with van der Waals surface area (Å²) in [6, 6.07) is 15.9. The molecule has 0 aliphatic carbocycles. The minimum absolute atomic E-state index is 0.210. The number of Topliss-reactive ketones (excluding diaryl/α,β-unsaturated/α-hetero) is 1. The summed E-state index contributed by atoms with van der Waals surface area (Å²) in [5.41, 5.74) is 3.41. The minimum atomic E-state index is -0.489. The van der Waals surface area contributed by atoms with E-state index in [1.54, 1.807) is 56.5 Å². The largest absolute Gasteiger partial charge is 0.497 e. The Labute approximate surface area is 204 Å².